The monoisotopic (exact) mass is 470 g/mol. The van der Waals surface area contributed by atoms with Gasteiger partial charge in [-0.3, -0.25) is 4.79 Å². The maximum absolute atomic E-state index is 13.4. The first-order valence-corrected chi connectivity index (χ1v) is 9.72. The molecule has 144 valence electrons. The average Bonchev–Trinajstić information content (AvgIpc) is 3.15. The molecule has 4 aromatic rings. The van der Waals surface area contributed by atoms with Crippen LogP contribution in [0.1, 0.15) is 10.6 Å². The summed E-state index contributed by atoms with van der Waals surface area (Å²) in [5, 5.41) is 7.70. The van der Waals surface area contributed by atoms with E-state index < -0.39 is 5.91 Å². The maximum atomic E-state index is 13.4. The molecule has 8 heteroatoms. The van der Waals surface area contributed by atoms with E-state index >= 15 is 0 Å². The maximum Gasteiger partial charge on any atom is 0.295 e. The lowest BCUT2D eigenvalue weighted by Crippen LogP contribution is -2.14. The molecule has 0 saturated carbocycles. The molecule has 0 aliphatic heterocycles. The van der Waals surface area contributed by atoms with Crippen molar-refractivity contribution in [2.24, 2.45) is 0 Å². The summed E-state index contributed by atoms with van der Waals surface area (Å²) in [6.07, 6.45) is 0. The topological polar surface area (TPSA) is 59.8 Å². The molecule has 1 aromatic heterocycles. The van der Waals surface area contributed by atoms with Crippen molar-refractivity contribution in [3.05, 3.63) is 93.9 Å². The van der Waals surface area contributed by atoms with Gasteiger partial charge in [0.15, 0.2) is 5.82 Å². The van der Waals surface area contributed by atoms with Crippen LogP contribution in [0, 0.1) is 5.82 Å². The highest BCUT2D eigenvalue weighted by molar-refractivity contribution is 9.10. The molecule has 0 fully saturated rings. The number of hydrogen-bond donors (Lipinski definition) is 1. The fraction of sp³-hybridized carbons (Fsp3) is 0. The second kappa shape index (κ2) is 8.14. The molecule has 5 nitrogen and oxygen atoms in total. The summed E-state index contributed by atoms with van der Waals surface area (Å²) in [4.78, 5) is 17.1. The fourth-order valence-electron chi connectivity index (χ4n) is 2.71. The Morgan fingerprint density at radius 3 is 2.45 bits per heavy atom. The van der Waals surface area contributed by atoms with Crippen LogP contribution < -0.4 is 5.32 Å². The number of amides is 1. The third-order valence-electron chi connectivity index (χ3n) is 4.07. The van der Waals surface area contributed by atoms with Crippen molar-refractivity contribution in [2.45, 2.75) is 0 Å². The van der Waals surface area contributed by atoms with Crippen LogP contribution >= 0.6 is 27.5 Å². The van der Waals surface area contributed by atoms with E-state index in [9.17, 15) is 9.18 Å². The van der Waals surface area contributed by atoms with E-state index in [4.69, 9.17) is 11.6 Å². The Morgan fingerprint density at radius 2 is 1.76 bits per heavy atom. The van der Waals surface area contributed by atoms with E-state index in [0.29, 0.717) is 27.8 Å². The van der Waals surface area contributed by atoms with Crippen molar-refractivity contribution in [3.63, 3.8) is 0 Å². The quantitative estimate of drug-likeness (QED) is 0.413. The number of benzene rings is 3. The Bertz CT molecular complexity index is 1110. The number of carbonyl (C=O) groups excluding carboxylic acids is 1. The molecule has 1 heterocycles. The fourth-order valence-corrected chi connectivity index (χ4v) is 3.23. The predicted octanol–water partition coefficient (Wildman–Crippen LogP) is 5.74. The molecular weight excluding hydrogens is 459 g/mol. The van der Waals surface area contributed by atoms with E-state index in [1.165, 1.54) is 16.8 Å². The third kappa shape index (κ3) is 4.36. The van der Waals surface area contributed by atoms with E-state index in [1.54, 1.807) is 48.5 Å². The van der Waals surface area contributed by atoms with Crippen molar-refractivity contribution < 1.29 is 9.18 Å². The van der Waals surface area contributed by atoms with Gasteiger partial charge in [-0.25, -0.2) is 14.1 Å². The van der Waals surface area contributed by atoms with Crippen LogP contribution in [0.3, 0.4) is 0 Å². The second-order valence-corrected chi connectivity index (χ2v) is 7.47. The first-order chi connectivity index (χ1) is 14.0. The van der Waals surface area contributed by atoms with Crippen molar-refractivity contribution in [3.8, 4) is 17.1 Å². The van der Waals surface area contributed by atoms with Gasteiger partial charge in [-0.05, 0) is 66.7 Å². The Hall–Kier alpha value is -3.03. The zero-order valence-electron chi connectivity index (χ0n) is 14.8. The molecule has 0 aliphatic rings. The number of nitrogens with one attached hydrogen (secondary N) is 1. The average molecular weight is 472 g/mol. The Morgan fingerprint density at radius 1 is 1.03 bits per heavy atom. The standard InChI is InChI=1S/C21H13BrClFN4O/c22-14-2-1-3-17(12-14)25-21(29)19-26-20(13-4-6-15(23)7-5-13)28(27-19)18-10-8-16(24)9-11-18/h1-12H,(H,25,29). The Kier molecular flexibility index (Phi) is 5.42. The summed E-state index contributed by atoms with van der Waals surface area (Å²) in [5.41, 5.74) is 1.90. The van der Waals surface area contributed by atoms with Crippen LogP contribution in [0.4, 0.5) is 10.1 Å². The van der Waals surface area contributed by atoms with Gasteiger partial charge in [0.25, 0.3) is 5.91 Å². The van der Waals surface area contributed by atoms with Gasteiger partial charge in [0.2, 0.25) is 5.82 Å². The molecule has 4 rings (SSSR count). The summed E-state index contributed by atoms with van der Waals surface area (Å²) >= 11 is 9.35. The molecule has 0 atom stereocenters. The first kappa shape index (κ1) is 19.3. The molecule has 0 bridgehead atoms. The van der Waals surface area contributed by atoms with E-state index in [2.05, 4.69) is 31.3 Å². The van der Waals surface area contributed by atoms with Gasteiger partial charge >= 0.3 is 0 Å². The minimum Gasteiger partial charge on any atom is -0.319 e. The van der Waals surface area contributed by atoms with Crippen LogP contribution in [-0.4, -0.2) is 20.7 Å². The SMILES string of the molecule is O=C(Nc1cccc(Br)c1)c1nc(-c2ccc(Cl)cc2)n(-c2ccc(F)cc2)n1. The van der Waals surface area contributed by atoms with Crippen LogP contribution in [0.5, 0.6) is 0 Å². The largest absolute Gasteiger partial charge is 0.319 e. The van der Waals surface area contributed by atoms with Gasteiger partial charge in [-0.1, -0.05) is 33.6 Å². The number of anilines is 1. The number of aromatic nitrogens is 3. The highest BCUT2D eigenvalue weighted by Crippen LogP contribution is 2.24. The van der Waals surface area contributed by atoms with E-state index in [-0.39, 0.29) is 11.6 Å². The van der Waals surface area contributed by atoms with Crippen molar-refractivity contribution in [1.82, 2.24) is 14.8 Å². The lowest BCUT2D eigenvalue weighted by atomic mass is 10.2. The minimum absolute atomic E-state index is 0.0146. The smallest absolute Gasteiger partial charge is 0.295 e. The summed E-state index contributed by atoms with van der Waals surface area (Å²) < 4.78 is 15.7. The minimum atomic E-state index is -0.459. The molecule has 3 aromatic carbocycles. The highest BCUT2D eigenvalue weighted by Gasteiger charge is 2.19. The van der Waals surface area contributed by atoms with Gasteiger partial charge in [0.1, 0.15) is 5.82 Å². The van der Waals surface area contributed by atoms with Crippen LogP contribution in [0.2, 0.25) is 5.02 Å². The first-order valence-electron chi connectivity index (χ1n) is 8.55. The van der Waals surface area contributed by atoms with Crippen molar-refractivity contribution >= 4 is 39.1 Å². The predicted molar refractivity (Wildman–Crippen MR) is 114 cm³/mol. The summed E-state index contributed by atoms with van der Waals surface area (Å²) in [6.45, 7) is 0. The normalized spacial score (nSPS) is 10.7. The van der Waals surface area contributed by atoms with Crippen molar-refractivity contribution in [1.29, 1.82) is 0 Å². The zero-order valence-corrected chi connectivity index (χ0v) is 17.2. The summed E-state index contributed by atoms with van der Waals surface area (Å²) in [5.74, 6) is -0.402. The van der Waals surface area contributed by atoms with Gasteiger partial charge in [-0.2, -0.15) is 0 Å². The summed E-state index contributed by atoms with van der Waals surface area (Å²) in [6, 6.07) is 20.0. The molecule has 29 heavy (non-hydrogen) atoms. The van der Waals surface area contributed by atoms with Crippen molar-refractivity contribution in [2.75, 3.05) is 5.32 Å². The van der Waals surface area contributed by atoms with Crippen LogP contribution in [0.25, 0.3) is 17.1 Å². The lowest BCUT2D eigenvalue weighted by Gasteiger charge is -2.06. The number of nitrogens with zero attached hydrogens (tertiary/aromatic N) is 3. The molecule has 1 amide bonds. The number of carbonyl (C=O) groups is 1. The molecule has 0 saturated heterocycles. The Balaban J connectivity index is 1.75. The van der Waals surface area contributed by atoms with Gasteiger partial charge in [-0.15, -0.1) is 5.10 Å². The molecule has 0 aliphatic carbocycles. The van der Waals surface area contributed by atoms with E-state index in [1.807, 2.05) is 12.1 Å². The third-order valence-corrected chi connectivity index (χ3v) is 4.81. The number of halogens is 3. The zero-order chi connectivity index (χ0) is 20.4. The second-order valence-electron chi connectivity index (χ2n) is 6.12. The van der Waals surface area contributed by atoms with Gasteiger partial charge in [0.05, 0.1) is 5.69 Å². The number of hydrogen-bond acceptors (Lipinski definition) is 3. The summed E-state index contributed by atoms with van der Waals surface area (Å²) in [7, 11) is 0. The molecule has 0 spiro atoms. The van der Waals surface area contributed by atoms with Crippen LogP contribution in [0.15, 0.2) is 77.3 Å². The van der Waals surface area contributed by atoms with Crippen LogP contribution in [-0.2, 0) is 0 Å². The molecule has 0 radical (unpaired) electrons. The molecular formula is C21H13BrClFN4O. The Labute approximate surface area is 179 Å². The highest BCUT2D eigenvalue weighted by atomic mass is 79.9. The van der Waals surface area contributed by atoms with E-state index in [0.717, 1.165) is 4.47 Å². The van der Waals surface area contributed by atoms with Gasteiger partial charge < -0.3 is 5.32 Å². The molecule has 1 N–H and O–H groups in total. The lowest BCUT2D eigenvalue weighted by molar-refractivity contribution is 0.101. The number of rotatable bonds is 4. The van der Waals surface area contributed by atoms with Gasteiger partial charge in [0, 0.05) is 20.7 Å². The molecule has 0 unspecified atom stereocenters.